The van der Waals surface area contributed by atoms with Crippen LogP contribution in [0, 0.1) is 11.8 Å². The number of aromatic nitrogens is 2. The van der Waals surface area contributed by atoms with Gasteiger partial charge in [-0.15, -0.1) is 0 Å². The number of nitrogens with zero attached hydrogens (tertiary/aromatic N) is 4. The quantitative estimate of drug-likeness (QED) is 0.767. The van der Waals surface area contributed by atoms with E-state index in [0.717, 1.165) is 44.8 Å². The van der Waals surface area contributed by atoms with Gasteiger partial charge in [0.2, 0.25) is 11.9 Å². The molecule has 1 aromatic heterocycles. The summed E-state index contributed by atoms with van der Waals surface area (Å²) in [4.78, 5) is 26.8. The molecule has 5 nitrogen and oxygen atoms in total. The van der Waals surface area contributed by atoms with Crippen LogP contribution in [0.1, 0.15) is 56.4 Å². The molecule has 1 aliphatic carbocycles. The maximum absolute atomic E-state index is 13.6. The third kappa shape index (κ3) is 3.82. The van der Waals surface area contributed by atoms with Crippen molar-refractivity contribution < 1.29 is 4.79 Å². The fourth-order valence-electron chi connectivity index (χ4n) is 6.06. The average molecular weight is 405 g/mol. The molecule has 0 unspecified atom stereocenters. The van der Waals surface area contributed by atoms with Crippen LogP contribution in [0.5, 0.6) is 0 Å². The molecule has 1 amide bonds. The highest BCUT2D eigenvalue weighted by Crippen LogP contribution is 2.44. The first-order valence-corrected chi connectivity index (χ1v) is 11.7. The molecule has 3 heterocycles. The van der Waals surface area contributed by atoms with E-state index in [1.54, 1.807) is 12.4 Å². The third-order valence-electron chi connectivity index (χ3n) is 7.57. The average Bonchev–Trinajstić information content (AvgIpc) is 2.84. The first-order chi connectivity index (χ1) is 14.8. The Morgan fingerprint density at radius 2 is 1.57 bits per heavy atom. The largest absolute Gasteiger partial charge is 0.341 e. The minimum atomic E-state index is 0.154. The first-order valence-electron chi connectivity index (χ1n) is 11.7. The second-order valence-corrected chi connectivity index (χ2v) is 9.16. The summed E-state index contributed by atoms with van der Waals surface area (Å²) in [6, 6.07) is 13.3. The molecule has 2 saturated heterocycles. The normalized spacial score (nSPS) is 27.5. The van der Waals surface area contributed by atoms with Gasteiger partial charge in [-0.3, -0.25) is 4.79 Å². The molecule has 158 valence electrons. The minimum Gasteiger partial charge on any atom is -0.341 e. The fraction of sp³-hybridized carbons (Fsp3) is 0.560. The number of fused-ring (bicyclic) bond motifs is 1. The molecular formula is C25H32N4O. The molecule has 1 aromatic carbocycles. The van der Waals surface area contributed by atoms with E-state index < -0.39 is 0 Å². The summed E-state index contributed by atoms with van der Waals surface area (Å²) in [5.74, 6) is 2.58. The molecule has 2 aromatic rings. The van der Waals surface area contributed by atoms with Crippen molar-refractivity contribution in [3.8, 4) is 0 Å². The Balaban J connectivity index is 1.26. The van der Waals surface area contributed by atoms with Gasteiger partial charge in [0.25, 0.3) is 0 Å². The van der Waals surface area contributed by atoms with E-state index in [1.165, 1.54) is 31.2 Å². The highest BCUT2D eigenvalue weighted by atomic mass is 16.2. The van der Waals surface area contributed by atoms with Crippen LogP contribution in [0.15, 0.2) is 48.8 Å². The van der Waals surface area contributed by atoms with Crippen molar-refractivity contribution in [1.29, 1.82) is 0 Å². The van der Waals surface area contributed by atoms with E-state index in [-0.39, 0.29) is 5.92 Å². The minimum absolute atomic E-state index is 0.154. The lowest BCUT2D eigenvalue weighted by molar-refractivity contribution is -0.143. The summed E-state index contributed by atoms with van der Waals surface area (Å²) in [5, 5.41) is 0. The topological polar surface area (TPSA) is 49.3 Å². The molecule has 5 rings (SSSR count). The monoisotopic (exact) mass is 404 g/mol. The van der Waals surface area contributed by atoms with Crippen molar-refractivity contribution in [3.05, 3.63) is 54.4 Å². The Morgan fingerprint density at radius 3 is 2.33 bits per heavy atom. The second kappa shape index (κ2) is 8.75. The molecule has 0 bridgehead atoms. The Hall–Kier alpha value is -2.43. The summed E-state index contributed by atoms with van der Waals surface area (Å²) >= 11 is 0. The standard InChI is InChI=1S/C25H32N4O/c30-24(20-11-16-28(17-12-20)25-26-14-6-15-27-25)29-18-13-21(19-7-2-1-3-8-19)22-9-4-5-10-23(22)29/h1-3,6-8,14-15,20-23H,4-5,9-13,16-18H2/t21-,22-,23-/m1/s1. The van der Waals surface area contributed by atoms with Gasteiger partial charge in [0.15, 0.2) is 0 Å². The predicted molar refractivity (Wildman–Crippen MR) is 118 cm³/mol. The molecule has 3 aliphatic rings. The highest BCUT2D eigenvalue weighted by Gasteiger charge is 2.43. The van der Waals surface area contributed by atoms with Gasteiger partial charge < -0.3 is 9.80 Å². The number of piperidine rings is 2. The van der Waals surface area contributed by atoms with Crippen LogP contribution in [-0.2, 0) is 4.79 Å². The number of benzene rings is 1. The number of likely N-dealkylation sites (tertiary alicyclic amines) is 1. The summed E-state index contributed by atoms with van der Waals surface area (Å²) in [6.07, 6.45) is 11.5. The molecule has 0 N–H and O–H groups in total. The van der Waals surface area contributed by atoms with Gasteiger partial charge in [0.1, 0.15) is 0 Å². The van der Waals surface area contributed by atoms with Crippen molar-refractivity contribution >= 4 is 11.9 Å². The Kier molecular flexibility index (Phi) is 5.69. The molecule has 2 aliphatic heterocycles. The SMILES string of the molecule is O=C(C1CCN(c2ncccn2)CC1)N1CC[C@H](c2ccccc2)[C@H]2CCCC[C@H]21. The zero-order valence-corrected chi connectivity index (χ0v) is 17.7. The molecule has 0 spiro atoms. The van der Waals surface area contributed by atoms with Crippen molar-refractivity contribution in [2.45, 2.75) is 56.9 Å². The Morgan fingerprint density at radius 1 is 0.833 bits per heavy atom. The zero-order chi connectivity index (χ0) is 20.3. The van der Waals surface area contributed by atoms with Crippen molar-refractivity contribution in [2.24, 2.45) is 11.8 Å². The number of anilines is 1. The third-order valence-corrected chi connectivity index (χ3v) is 7.57. The number of carbonyl (C=O) groups is 1. The van der Waals surface area contributed by atoms with Gasteiger partial charge in [-0.05, 0) is 55.6 Å². The zero-order valence-electron chi connectivity index (χ0n) is 17.7. The van der Waals surface area contributed by atoms with E-state index in [1.807, 2.05) is 6.07 Å². The van der Waals surface area contributed by atoms with E-state index in [0.29, 0.717) is 23.8 Å². The lowest BCUT2D eigenvalue weighted by Crippen LogP contribution is -2.54. The summed E-state index contributed by atoms with van der Waals surface area (Å²) in [7, 11) is 0. The number of rotatable bonds is 3. The molecule has 3 atom stereocenters. The predicted octanol–water partition coefficient (Wildman–Crippen LogP) is 4.27. The van der Waals surface area contributed by atoms with Crippen LogP contribution < -0.4 is 4.90 Å². The van der Waals surface area contributed by atoms with Crippen LogP contribution in [0.3, 0.4) is 0 Å². The Labute approximate surface area is 179 Å². The van der Waals surface area contributed by atoms with E-state index >= 15 is 0 Å². The van der Waals surface area contributed by atoms with E-state index in [4.69, 9.17) is 0 Å². The van der Waals surface area contributed by atoms with Gasteiger partial charge in [-0.2, -0.15) is 0 Å². The van der Waals surface area contributed by atoms with Gasteiger partial charge in [-0.25, -0.2) is 9.97 Å². The van der Waals surface area contributed by atoms with Gasteiger partial charge in [0.05, 0.1) is 0 Å². The van der Waals surface area contributed by atoms with Crippen LogP contribution in [0.25, 0.3) is 0 Å². The lowest BCUT2D eigenvalue weighted by Gasteiger charge is -2.49. The second-order valence-electron chi connectivity index (χ2n) is 9.16. The highest BCUT2D eigenvalue weighted by molar-refractivity contribution is 5.79. The maximum Gasteiger partial charge on any atom is 0.226 e. The van der Waals surface area contributed by atoms with Crippen molar-refractivity contribution in [1.82, 2.24) is 14.9 Å². The maximum atomic E-state index is 13.6. The van der Waals surface area contributed by atoms with Gasteiger partial charge >= 0.3 is 0 Å². The smallest absolute Gasteiger partial charge is 0.226 e. The van der Waals surface area contributed by atoms with Crippen LogP contribution in [-0.4, -0.2) is 46.5 Å². The van der Waals surface area contributed by atoms with Gasteiger partial charge in [-0.1, -0.05) is 43.2 Å². The number of hydrogen-bond acceptors (Lipinski definition) is 4. The molecular weight excluding hydrogens is 372 g/mol. The first kappa shape index (κ1) is 19.5. The molecule has 0 radical (unpaired) electrons. The van der Waals surface area contributed by atoms with E-state index in [2.05, 4.69) is 50.1 Å². The Bertz CT molecular complexity index is 835. The number of hydrogen-bond donors (Lipinski definition) is 0. The van der Waals surface area contributed by atoms with Crippen LogP contribution >= 0.6 is 0 Å². The molecule has 30 heavy (non-hydrogen) atoms. The molecule has 3 fully saturated rings. The summed E-state index contributed by atoms with van der Waals surface area (Å²) in [5.41, 5.74) is 1.47. The number of amides is 1. The molecule has 5 heteroatoms. The fourth-order valence-corrected chi connectivity index (χ4v) is 6.06. The van der Waals surface area contributed by atoms with Crippen LogP contribution in [0.2, 0.25) is 0 Å². The van der Waals surface area contributed by atoms with Crippen LogP contribution in [0.4, 0.5) is 5.95 Å². The number of carbonyl (C=O) groups excluding carboxylic acids is 1. The molecule has 1 saturated carbocycles. The lowest BCUT2D eigenvalue weighted by atomic mass is 9.69. The van der Waals surface area contributed by atoms with E-state index in [9.17, 15) is 4.79 Å². The van der Waals surface area contributed by atoms with Gasteiger partial charge in [0, 0.05) is 44.0 Å². The summed E-state index contributed by atoms with van der Waals surface area (Å²) < 4.78 is 0. The summed E-state index contributed by atoms with van der Waals surface area (Å²) in [6.45, 7) is 2.66. The van der Waals surface area contributed by atoms with Crippen molar-refractivity contribution in [3.63, 3.8) is 0 Å². The van der Waals surface area contributed by atoms with Crippen molar-refractivity contribution in [2.75, 3.05) is 24.5 Å².